The molecule has 8 nitrogen and oxygen atoms in total. The van der Waals surface area contributed by atoms with Gasteiger partial charge in [-0.2, -0.15) is 0 Å². The molecule has 0 amide bonds. The van der Waals surface area contributed by atoms with Crippen molar-refractivity contribution in [1.29, 1.82) is 0 Å². The third-order valence-electron chi connectivity index (χ3n) is 4.80. The molecule has 12 saturated heterocycles. The number of nitrogens with zero attached hydrogens (tertiary/aromatic N) is 8. The molecule has 12 aliphatic rings. The van der Waals surface area contributed by atoms with Crippen LogP contribution in [0.15, 0.2) is 0 Å². The van der Waals surface area contributed by atoms with Crippen molar-refractivity contribution in [3.63, 3.8) is 0 Å². The minimum atomic E-state index is -1.40. The third-order valence-corrected chi connectivity index (χ3v) is 216. The Morgan fingerprint density at radius 3 is 0.571 bits per heavy atom. The Kier molecular flexibility index (Phi) is 0.559. The monoisotopic (exact) mass is 891 g/mol. The Balaban J connectivity index is 1.71. The van der Waals surface area contributed by atoms with Gasteiger partial charge in [-0.3, -0.25) is 0 Å². The summed E-state index contributed by atoms with van der Waals surface area (Å²) in [6.07, 6.45) is 0. The maximum atomic E-state index is 3.42. The molecule has 0 bridgehead atoms. The maximum absolute atomic E-state index is 3.42. The van der Waals surface area contributed by atoms with Gasteiger partial charge in [0.05, 0.1) is 0 Å². The van der Waals surface area contributed by atoms with Crippen molar-refractivity contribution in [2.24, 2.45) is 0 Å². The summed E-state index contributed by atoms with van der Waals surface area (Å²) in [7, 11) is 0. The summed E-state index contributed by atoms with van der Waals surface area (Å²) in [5.41, 5.74) is 0. The van der Waals surface area contributed by atoms with Gasteiger partial charge in [0.1, 0.15) is 0 Å². The van der Waals surface area contributed by atoms with E-state index < -0.39 is 116 Å². The molecule has 6 spiro atoms. The summed E-state index contributed by atoms with van der Waals surface area (Å²) in [6.45, 7) is 0. The first kappa shape index (κ1) is 6.92. The van der Waals surface area contributed by atoms with Crippen LogP contribution in [-0.2, 0) is 0 Å². The molecule has 0 aromatic rings. The Hall–Kier alpha value is 4.42. The van der Waals surface area contributed by atoms with Gasteiger partial charge >= 0.3 is 113 Å². The fourth-order valence-corrected chi connectivity index (χ4v) is 640. The van der Waals surface area contributed by atoms with Crippen molar-refractivity contribution < 1.29 is 0 Å². The second-order valence-corrected chi connectivity index (χ2v) is 100. The average Bonchev–Trinajstić information content (AvgIpc) is 1.50. The fourth-order valence-electron chi connectivity index (χ4n) is 4.90. The van der Waals surface area contributed by atoms with E-state index in [-0.39, 0.29) is 0 Å². The normalized spacial score (nSPS) is 141. The zero-order valence-electron chi connectivity index (χ0n) is 6.03. The Labute approximate surface area is 109 Å². The Morgan fingerprint density at radius 2 is 0.429 bits per heavy atom. The summed E-state index contributed by atoms with van der Waals surface area (Å²) in [4.78, 5) is 0. The fraction of sp³-hybridized carbons (Fsp3) is 0. The van der Waals surface area contributed by atoms with Crippen molar-refractivity contribution in [1.82, 2.24) is -2.79 Å². The van der Waals surface area contributed by atoms with Gasteiger partial charge in [-0.05, 0) is 0 Å². The van der Waals surface area contributed by atoms with Gasteiger partial charge in [0, 0.05) is 0 Å². The summed E-state index contributed by atoms with van der Waals surface area (Å²) < 4.78 is 27.3. The number of hydrogen-bond donors (Lipinski definition) is 0. The van der Waals surface area contributed by atoms with E-state index in [1.54, 1.807) is 0 Å². The third kappa shape index (κ3) is 0.177. The van der Waals surface area contributed by atoms with Gasteiger partial charge < -0.3 is 0 Å². The quantitative estimate of drug-likeness (QED) is 0.224. The van der Waals surface area contributed by atoms with Crippen LogP contribution in [-0.4, -0.2) is 113 Å². The summed E-state index contributed by atoms with van der Waals surface area (Å²) in [5.74, 6) is 0. The molecule has 0 aliphatic carbocycles. The molecule has 0 atom stereocenters. The molecule has 0 unspecified atom stereocenters. The van der Waals surface area contributed by atoms with E-state index in [9.17, 15) is 0 Å². The molecule has 0 saturated carbocycles. The van der Waals surface area contributed by atoms with Gasteiger partial charge in [0.2, 0.25) is 0 Å². The zero-order valence-corrected chi connectivity index (χ0v) is 20.0. The molecule has 14 heteroatoms. The van der Waals surface area contributed by atoms with Crippen molar-refractivity contribution in [2.75, 3.05) is 0 Å². The second kappa shape index (κ2) is 1.13. The molecular formula is N8Te6. The van der Waals surface area contributed by atoms with Crippen LogP contribution in [0.25, 0.3) is 0 Å². The number of hydrogen-bond acceptors (Lipinski definition) is 8. The van der Waals surface area contributed by atoms with Crippen molar-refractivity contribution in [3.05, 3.63) is 0 Å². The van der Waals surface area contributed by atoms with E-state index in [4.69, 9.17) is 0 Å². The Morgan fingerprint density at radius 1 is 0.286 bits per heavy atom. The molecule has 12 fully saturated rings. The van der Waals surface area contributed by atoms with Gasteiger partial charge in [-0.15, -0.1) is 0 Å². The van der Waals surface area contributed by atoms with Crippen LogP contribution < -0.4 is 0 Å². The molecule has 12 heterocycles. The van der Waals surface area contributed by atoms with Crippen LogP contribution in [0.2, 0.25) is 0 Å². The van der Waals surface area contributed by atoms with E-state index in [2.05, 4.69) is -2.79 Å². The van der Waals surface area contributed by atoms with Gasteiger partial charge in [-0.1, -0.05) is 0 Å². The van der Waals surface area contributed by atoms with Crippen LogP contribution >= 0.6 is 0 Å². The molecule has 0 aromatic heterocycles. The molecule has 12 aliphatic heterocycles. The standard InChI is InChI=1S/N8Te6/c1-9-2-10(1)4-11(1)3(9)13-5(9)12(2)6(10)14(4,7(11)13)8(12)13. The first-order chi connectivity index (χ1) is 6.93. The first-order valence-corrected chi connectivity index (χ1v) is 29.4. The first-order valence-electron chi connectivity index (χ1n) is 4.38. The predicted molar refractivity (Wildman–Crippen MR) is 49.2 cm³/mol. The number of rotatable bonds is 0. The van der Waals surface area contributed by atoms with Crippen molar-refractivity contribution in [2.45, 2.75) is 0 Å². The van der Waals surface area contributed by atoms with E-state index in [0.29, 0.717) is 0 Å². The van der Waals surface area contributed by atoms with E-state index in [1.807, 2.05) is 0 Å². The van der Waals surface area contributed by atoms with Gasteiger partial charge in [-0.25, -0.2) is 0 Å². The SMILES string of the molecule is N12[Te]34N5[Te]16N1[Te]27N3[Te]23N4[Te]54N6[Te]1(N72)N43. The summed E-state index contributed by atoms with van der Waals surface area (Å²) in [6, 6.07) is 0. The van der Waals surface area contributed by atoms with Crippen LogP contribution in [0.4, 0.5) is 0 Å². The summed E-state index contributed by atoms with van der Waals surface area (Å²) in [5, 5.41) is 0. The van der Waals surface area contributed by atoms with Crippen LogP contribution in [0.1, 0.15) is 0 Å². The Bertz CT molecular complexity index is 426. The van der Waals surface area contributed by atoms with Crippen LogP contribution in [0.3, 0.4) is 0 Å². The topological polar surface area (TPSA) is 25.9 Å². The van der Waals surface area contributed by atoms with E-state index in [1.165, 1.54) is 0 Å². The molecule has 0 radical (unpaired) electrons. The zero-order chi connectivity index (χ0) is 7.62. The molecule has 0 aromatic carbocycles. The van der Waals surface area contributed by atoms with Crippen LogP contribution in [0.5, 0.6) is 0 Å². The molecule has 12 rings (SSSR count). The van der Waals surface area contributed by atoms with Crippen LogP contribution in [0, 0.1) is 0 Å². The molecule has 76 valence electrons. The molecule has 14 heavy (non-hydrogen) atoms. The van der Waals surface area contributed by atoms with Crippen molar-refractivity contribution >= 4 is 116 Å². The van der Waals surface area contributed by atoms with E-state index >= 15 is 0 Å². The summed E-state index contributed by atoms with van der Waals surface area (Å²) >= 11 is -8.39. The second-order valence-electron chi connectivity index (χ2n) is 4.73. The molecule has 0 N–H and O–H groups in total. The average molecular weight is 878 g/mol. The molecular weight excluding hydrogens is 878 g/mol. The van der Waals surface area contributed by atoms with Gasteiger partial charge in [0.15, 0.2) is 0 Å². The van der Waals surface area contributed by atoms with Gasteiger partial charge in [0.25, 0.3) is 0 Å². The minimum absolute atomic E-state index is 1.40. The van der Waals surface area contributed by atoms with E-state index in [0.717, 1.165) is 0 Å². The predicted octanol–water partition coefficient (Wildman–Crippen LogP) is -4.83. The van der Waals surface area contributed by atoms with Crippen molar-refractivity contribution in [3.8, 4) is 0 Å².